The third-order valence-corrected chi connectivity index (χ3v) is 1.81. The SMILES string of the molecule is Cc1c(O)cnc(C(N)=O)c1C(F)F. The Morgan fingerprint density at radius 1 is 1.64 bits per heavy atom. The number of amides is 1. The van der Waals surface area contributed by atoms with Gasteiger partial charge in [-0.2, -0.15) is 0 Å². The molecule has 0 fully saturated rings. The van der Waals surface area contributed by atoms with Gasteiger partial charge in [0.2, 0.25) is 0 Å². The lowest BCUT2D eigenvalue weighted by Gasteiger charge is -2.09. The molecule has 1 aromatic heterocycles. The zero-order chi connectivity index (χ0) is 10.9. The standard InChI is InChI=1S/C8H8F2N2O2/c1-3-4(13)2-12-6(8(11)14)5(3)7(9)10/h2,7,13H,1H3,(H2,11,14). The van der Waals surface area contributed by atoms with Crippen LogP contribution in [0.4, 0.5) is 8.78 Å². The number of aromatic hydroxyl groups is 1. The van der Waals surface area contributed by atoms with E-state index in [2.05, 4.69) is 4.98 Å². The van der Waals surface area contributed by atoms with Crippen molar-refractivity contribution >= 4 is 5.91 Å². The molecule has 0 bridgehead atoms. The summed E-state index contributed by atoms with van der Waals surface area (Å²) in [5.41, 5.74) is 3.66. The number of hydrogen-bond donors (Lipinski definition) is 2. The second kappa shape index (κ2) is 3.57. The van der Waals surface area contributed by atoms with E-state index in [0.717, 1.165) is 6.20 Å². The minimum Gasteiger partial charge on any atom is -0.506 e. The summed E-state index contributed by atoms with van der Waals surface area (Å²) in [6.07, 6.45) is -1.97. The van der Waals surface area contributed by atoms with E-state index < -0.39 is 23.6 Å². The molecule has 1 aromatic rings. The zero-order valence-electron chi connectivity index (χ0n) is 7.29. The molecule has 1 heterocycles. The van der Waals surface area contributed by atoms with E-state index in [0.29, 0.717) is 0 Å². The van der Waals surface area contributed by atoms with E-state index in [4.69, 9.17) is 10.8 Å². The van der Waals surface area contributed by atoms with Crippen LogP contribution in [-0.2, 0) is 0 Å². The van der Waals surface area contributed by atoms with Crippen LogP contribution < -0.4 is 5.73 Å². The Balaban J connectivity index is 3.45. The van der Waals surface area contributed by atoms with Gasteiger partial charge in [-0.3, -0.25) is 4.79 Å². The maximum atomic E-state index is 12.5. The van der Waals surface area contributed by atoms with Gasteiger partial charge in [0, 0.05) is 5.56 Å². The van der Waals surface area contributed by atoms with Crippen molar-refractivity contribution < 1.29 is 18.7 Å². The highest BCUT2D eigenvalue weighted by atomic mass is 19.3. The molecule has 76 valence electrons. The third kappa shape index (κ3) is 1.63. The number of pyridine rings is 1. The largest absolute Gasteiger partial charge is 0.506 e. The average molecular weight is 202 g/mol. The molecule has 0 aliphatic rings. The second-order valence-corrected chi connectivity index (χ2v) is 2.70. The maximum Gasteiger partial charge on any atom is 0.267 e. The number of nitrogens with zero attached hydrogens (tertiary/aromatic N) is 1. The lowest BCUT2D eigenvalue weighted by molar-refractivity contribution is 0.0979. The van der Waals surface area contributed by atoms with Gasteiger partial charge in [0.1, 0.15) is 11.4 Å². The molecule has 0 saturated heterocycles. The van der Waals surface area contributed by atoms with Gasteiger partial charge in [-0.25, -0.2) is 13.8 Å². The highest BCUT2D eigenvalue weighted by Crippen LogP contribution is 2.29. The summed E-state index contributed by atoms with van der Waals surface area (Å²) >= 11 is 0. The topological polar surface area (TPSA) is 76.2 Å². The summed E-state index contributed by atoms with van der Waals surface area (Å²) in [6, 6.07) is 0. The fourth-order valence-corrected chi connectivity index (χ4v) is 1.07. The number of rotatable bonds is 2. The van der Waals surface area contributed by atoms with Crippen molar-refractivity contribution in [1.82, 2.24) is 4.98 Å². The summed E-state index contributed by atoms with van der Waals surface area (Å²) < 4.78 is 24.9. The summed E-state index contributed by atoms with van der Waals surface area (Å²) in [5, 5.41) is 9.11. The summed E-state index contributed by atoms with van der Waals surface area (Å²) in [7, 11) is 0. The van der Waals surface area contributed by atoms with Crippen molar-refractivity contribution in [3.05, 3.63) is 23.0 Å². The molecule has 14 heavy (non-hydrogen) atoms. The lowest BCUT2D eigenvalue weighted by Crippen LogP contribution is -2.17. The van der Waals surface area contributed by atoms with Gasteiger partial charge in [-0.1, -0.05) is 0 Å². The average Bonchev–Trinajstić information content (AvgIpc) is 2.08. The Labute approximate surface area is 78.4 Å². The van der Waals surface area contributed by atoms with E-state index in [1.165, 1.54) is 6.92 Å². The molecule has 0 unspecified atom stereocenters. The van der Waals surface area contributed by atoms with Crippen molar-refractivity contribution in [2.45, 2.75) is 13.3 Å². The fourth-order valence-electron chi connectivity index (χ4n) is 1.07. The third-order valence-electron chi connectivity index (χ3n) is 1.81. The molecule has 0 spiro atoms. The predicted molar refractivity (Wildman–Crippen MR) is 44.1 cm³/mol. The van der Waals surface area contributed by atoms with E-state index >= 15 is 0 Å². The molecule has 0 saturated carbocycles. The molecule has 0 radical (unpaired) electrons. The van der Waals surface area contributed by atoms with Gasteiger partial charge in [0.25, 0.3) is 12.3 Å². The number of carbonyl (C=O) groups is 1. The van der Waals surface area contributed by atoms with Crippen molar-refractivity contribution in [1.29, 1.82) is 0 Å². The first kappa shape index (κ1) is 10.4. The van der Waals surface area contributed by atoms with E-state index in [9.17, 15) is 13.6 Å². The smallest absolute Gasteiger partial charge is 0.267 e. The number of carbonyl (C=O) groups excluding carboxylic acids is 1. The first-order valence-corrected chi connectivity index (χ1v) is 3.71. The highest BCUT2D eigenvalue weighted by Gasteiger charge is 2.22. The van der Waals surface area contributed by atoms with Crippen LogP contribution >= 0.6 is 0 Å². The van der Waals surface area contributed by atoms with Crippen LogP contribution in [0.25, 0.3) is 0 Å². The van der Waals surface area contributed by atoms with Crippen molar-refractivity contribution in [3.8, 4) is 5.75 Å². The molecule has 0 aliphatic carbocycles. The molecular formula is C8H8F2N2O2. The molecule has 0 aliphatic heterocycles. The fraction of sp³-hybridized carbons (Fsp3) is 0.250. The quantitative estimate of drug-likeness (QED) is 0.754. The molecule has 3 N–H and O–H groups in total. The summed E-state index contributed by atoms with van der Waals surface area (Å²) in [4.78, 5) is 14.1. The first-order valence-electron chi connectivity index (χ1n) is 3.71. The predicted octanol–water partition coefficient (Wildman–Crippen LogP) is 1.13. The number of primary amides is 1. The monoisotopic (exact) mass is 202 g/mol. The highest BCUT2D eigenvalue weighted by molar-refractivity contribution is 5.92. The van der Waals surface area contributed by atoms with Crippen LogP contribution in [0, 0.1) is 6.92 Å². The molecule has 0 atom stereocenters. The van der Waals surface area contributed by atoms with Gasteiger partial charge in [-0.05, 0) is 6.92 Å². The van der Waals surface area contributed by atoms with Gasteiger partial charge in [-0.15, -0.1) is 0 Å². The minimum atomic E-state index is -2.89. The normalized spacial score (nSPS) is 10.6. The molecule has 1 amide bonds. The van der Waals surface area contributed by atoms with Crippen LogP contribution in [0.3, 0.4) is 0 Å². The number of nitrogens with two attached hydrogens (primary N) is 1. The van der Waals surface area contributed by atoms with Gasteiger partial charge in [0.15, 0.2) is 0 Å². The van der Waals surface area contributed by atoms with Crippen molar-refractivity contribution in [2.75, 3.05) is 0 Å². The zero-order valence-corrected chi connectivity index (χ0v) is 7.29. The Morgan fingerprint density at radius 2 is 2.21 bits per heavy atom. The van der Waals surface area contributed by atoms with Crippen LogP contribution in [0.5, 0.6) is 5.75 Å². The Kier molecular flexibility index (Phi) is 2.64. The Hall–Kier alpha value is -1.72. The van der Waals surface area contributed by atoms with Gasteiger partial charge in [0.05, 0.1) is 11.8 Å². The van der Waals surface area contributed by atoms with Crippen molar-refractivity contribution in [3.63, 3.8) is 0 Å². The van der Waals surface area contributed by atoms with E-state index in [-0.39, 0.29) is 11.3 Å². The van der Waals surface area contributed by atoms with Crippen molar-refractivity contribution in [2.24, 2.45) is 5.73 Å². The number of alkyl halides is 2. The van der Waals surface area contributed by atoms with Gasteiger partial charge < -0.3 is 10.8 Å². The van der Waals surface area contributed by atoms with Crippen LogP contribution in [-0.4, -0.2) is 16.0 Å². The van der Waals surface area contributed by atoms with Crippen LogP contribution in [0.1, 0.15) is 28.0 Å². The summed E-state index contributed by atoms with van der Waals surface area (Å²) in [5.74, 6) is -1.42. The van der Waals surface area contributed by atoms with Crippen LogP contribution in [0.15, 0.2) is 6.20 Å². The van der Waals surface area contributed by atoms with E-state index in [1.807, 2.05) is 0 Å². The first-order chi connectivity index (χ1) is 6.45. The molecule has 4 nitrogen and oxygen atoms in total. The van der Waals surface area contributed by atoms with E-state index in [1.54, 1.807) is 0 Å². The lowest BCUT2D eigenvalue weighted by atomic mass is 10.1. The minimum absolute atomic E-state index is 0.0798. The molecule has 6 heteroatoms. The Bertz CT molecular complexity index is 380. The summed E-state index contributed by atoms with van der Waals surface area (Å²) in [6.45, 7) is 1.27. The number of halogens is 2. The maximum absolute atomic E-state index is 12.5. The number of hydrogen-bond acceptors (Lipinski definition) is 3. The Morgan fingerprint density at radius 3 is 2.64 bits per heavy atom. The molecular weight excluding hydrogens is 194 g/mol. The molecule has 1 rings (SSSR count). The van der Waals surface area contributed by atoms with Crippen LogP contribution in [0.2, 0.25) is 0 Å². The van der Waals surface area contributed by atoms with Gasteiger partial charge >= 0.3 is 0 Å². The number of aromatic nitrogens is 1. The second-order valence-electron chi connectivity index (χ2n) is 2.70. The molecule has 0 aromatic carbocycles.